The number of nitrogens with zero attached hydrogens (tertiary/aromatic N) is 4. The molecule has 0 aliphatic rings. The SMILES string of the molecule is CCc1ccc(-c2noc(CN(C)Cc3ccccc3[N+](=O)[O-])n2)cc1. The third-order valence-electron chi connectivity index (χ3n) is 4.12. The van der Waals surface area contributed by atoms with Crippen LogP contribution < -0.4 is 0 Å². The summed E-state index contributed by atoms with van der Waals surface area (Å²) in [6.45, 7) is 2.93. The first-order chi connectivity index (χ1) is 12.6. The number of hydrogen-bond acceptors (Lipinski definition) is 6. The highest BCUT2D eigenvalue weighted by Crippen LogP contribution is 2.21. The number of rotatable bonds is 7. The fourth-order valence-electron chi connectivity index (χ4n) is 2.73. The molecule has 0 amide bonds. The normalized spacial score (nSPS) is 11.0. The van der Waals surface area contributed by atoms with Gasteiger partial charge >= 0.3 is 0 Å². The highest BCUT2D eigenvalue weighted by atomic mass is 16.6. The van der Waals surface area contributed by atoms with Crippen LogP contribution >= 0.6 is 0 Å². The van der Waals surface area contributed by atoms with Gasteiger partial charge in [-0.15, -0.1) is 0 Å². The molecule has 1 aromatic heterocycles. The Morgan fingerprint density at radius 2 is 1.85 bits per heavy atom. The van der Waals surface area contributed by atoms with Gasteiger partial charge < -0.3 is 4.52 Å². The largest absolute Gasteiger partial charge is 0.338 e. The Morgan fingerprint density at radius 3 is 2.54 bits per heavy atom. The predicted octanol–water partition coefficient (Wildman–Crippen LogP) is 3.84. The molecular formula is C19H20N4O3. The Morgan fingerprint density at radius 1 is 1.12 bits per heavy atom. The van der Waals surface area contributed by atoms with Gasteiger partial charge in [0.25, 0.3) is 5.69 Å². The monoisotopic (exact) mass is 352 g/mol. The minimum atomic E-state index is -0.367. The summed E-state index contributed by atoms with van der Waals surface area (Å²) in [7, 11) is 1.86. The standard InChI is InChI=1S/C19H20N4O3/c1-3-14-8-10-15(11-9-14)19-20-18(26-21-19)13-22(2)12-16-6-4-5-7-17(16)23(24)25/h4-11H,3,12-13H2,1-2H3. The zero-order valence-electron chi connectivity index (χ0n) is 14.8. The summed E-state index contributed by atoms with van der Waals surface area (Å²) in [6.07, 6.45) is 0.980. The molecule has 0 bridgehead atoms. The highest BCUT2D eigenvalue weighted by molar-refractivity contribution is 5.54. The number of hydrogen-bond donors (Lipinski definition) is 0. The molecule has 3 aromatic rings. The molecule has 0 aliphatic heterocycles. The zero-order valence-corrected chi connectivity index (χ0v) is 14.8. The van der Waals surface area contributed by atoms with Crippen molar-refractivity contribution in [2.75, 3.05) is 7.05 Å². The lowest BCUT2D eigenvalue weighted by Crippen LogP contribution is -2.18. The Bertz CT molecular complexity index is 890. The third kappa shape index (κ3) is 4.12. The lowest BCUT2D eigenvalue weighted by Gasteiger charge is -2.14. The topological polar surface area (TPSA) is 85.3 Å². The lowest BCUT2D eigenvalue weighted by molar-refractivity contribution is -0.385. The molecule has 26 heavy (non-hydrogen) atoms. The second kappa shape index (κ2) is 7.88. The average Bonchev–Trinajstić information content (AvgIpc) is 3.10. The van der Waals surface area contributed by atoms with Gasteiger partial charge in [-0.05, 0) is 19.0 Å². The highest BCUT2D eigenvalue weighted by Gasteiger charge is 2.16. The summed E-state index contributed by atoms with van der Waals surface area (Å²) < 4.78 is 5.33. The number of nitro groups is 1. The van der Waals surface area contributed by atoms with Crippen molar-refractivity contribution in [1.29, 1.82) is 0 Å². The van der Waals surface area contributed by atoms with Crippen molar-refractivity contribution in [2.24, 2.45) is 0 Å². The van der Waals surface area contributed by atoms with Crippen LogP contribution in [0.4, 0.5) is 5.69 Å². The van der Waals surface area contributed by atoms with Gasteiger partial charge in [0, 0.05) is 23.7 Å². The fourth-order valence-corrected chi connectivity index (χ4v) is 2.73. The van der Waals surface area contributed by atoms with Crippen molar-refractivity contribution < 1.29 is 9.45 Å². The molecule has 1 heterocycles. The van der Waals surface area contributed by atoms with E-state index in [0.29, 0.717) is 30.4 Å². The van der Waals surface area contributed by atoms with Crippen LogP contribution in [-0.4, -0.2) is 27.0 Å². The maximum absolute atomic E-state index is 11.1. The minimum Gasteiger partial charge on any atom is -0.338 e. The van der Waals surface area contributed by atoms with Crippen LogP contribution in [0.15, 0.2) is 53.1 Å². The van der Waals surface area contributed by atoms with Crippen LogP contribution in [0.2, 0.25) is 0 Å². The molecule has 0 saturated carbocycles. The molecule has 0 N–H and O–H groups in total. The van der Waals surface area contributed by atoms with Crippen molar-refractivity contribution in [3.63, 3.8) is 0 Å². The second-order valence-electron chi connectivity index (χ2n) is 6.12. The van der Waals surface area contributed by atoms with Gasteiger partial charge in [0.15, 0.2) is 0 Å². The van der Waals surface area contributed by atoms with E-state index in [9.17, 15) is 10.1 Å². The van der Waals surface area contributed by atoms with Gasteiger partial charge in [-0.1, -0.05) is 54.5 Å². The smallest absolute Gasteiger partial charge is 0.273 e. The Kier molecular flexibility index (Phi) is 5.38. The molecule has 0 spiro atoms. The predicted molar refractivity (Wildman–Crippen MR) is 97.4 cm³/mol. The molecular weight excluding hydrogens is 332 g/mol. The quantitative estimate of drug-likeness (QED) is 0.474. The first-order valence-electron chi connectivity index (χ1n) is 8.39. The minimum absolute atomic E-state index is 0.113. The van der Waals surface area contributed by atoms with Crippen molar-refractivity contribution in [3.05, 3.63) is 75.7 Å². The molecule has 2 aromatic carbocycles. The maximum atomic E-state index is 11.1. The first-order valence-corrected chi connectivity index (χ1v) is 8.39. The summed E-state index contributed by atoms with van der Waals surface area (Å²) in [4.78, 5) is 17.1. The third-order valence-corrected chi connectivity index (χ3v) is 4.12. The molecule has 3 rings (SSSR count). The van der Waals surface area contributed by atoms with Crippen molar-refractivity contribution in [2.45, 2.75) is 26.4 Å². The van der Waals surface area contributed by atoms with Crippen molar-refractivity contribution >= 4 is 5.69 Å². The van der Waals surface area contributed by atoms with Gasteiger partial charge in [-0.25, -0.2) is 0 Å². The van der Waals surface area contributed by atoms with Crippen LogP contribution in [0.3, 0.4) is 0 Å². The van der Waals surface area contributed by atoms with Crippen molar-refractivity contribution in [3.8, 4) is 11.4 Å². The molecule has 7 heteroatoms. The van der Waals surface area contributed by atoms with E-state index in [1.165, 1.54) is 11.6 Å². The molecule has 134 valence electrons. The van der Waals surface area contributed by atoms with E-state index in [2.05, 4.69) is 17.1 Å². The summed E-state index contributed by atoms with van der Waals surface area (Å²) >= 11 is 0. The molecule has 7 nitrogen and oxygen atoms in total. The molecule has 0 atom stereocenters. The van der Waals surface area contributed by atoms with E-state index >= 15 is 0 Å². The molecule has 0 fully saturated rings. The van der Waals surface area contributed by atoms with Gasteiger partial charge in [0.1, 0.15) is 0 Å². The van der Waals surface area contributed by atoms with Crippen LogP contribution in [0.1, 0.15) is 23.9 Å². The number of para-hydroxylation sites is 1. The Balaban J connectivity index is 1.68. The first kappa shape index (κ1) is 17.8. The Labute approximate surface area is 151 Å². The molecule has 0 unspecified atom stereocenters. The number of benzene rings is 2. The lowest BCUT2D eigenvalue weighted by atomic mass is 10.1. The second-order valence-corrected chi connectivity index (χ2v) is 6.12. The van der Waals surface area contributed by atoms with Gasteiger partial charge in [0.05, 0.1) is 11.5 Å². The molecule has 0 saturated heterocycles. The Hall–Kier alpha value is -3.06. The number of nitro benzene ring substituents is 1. The van der Waals surface area contributed by atoms with E-state index in [1.54, 1.807) is 18.2 Å². The summed E-state index contributed by atoms with van der Waals surface area (Å²) in [5, 5.41) is 15.1. The van der Waals surface area contributed by atoms with E-state index in [0.717, 1.165) is 12.0 Å². The van der Waals surface area contributed by atoms with E-state index in [4.69, 9.17) is 4.52 Å². The van der Waals surface area contributed by atoms with E-state index in [1.807, 2.05) is 36.2 Å². The number of aromatic nitrogens is 2. The van der Waals surface area contributed by atoms with Crippen LogP contribution in [0.25, 0.3) is 11.4 Å². The van der Waals surface area contributed by atoms with Crippen LogP contribution in [-0.2, 0) is 19.5 Å². The summed E-state index contributed by atoms with van der Waals surface area (Å²) in [6, 6.07) is 14.8. The van der Waals surface area contributed by atoms with Gasteiger partial charge in [-0.2, -0.15) is 4.98 Å². The molecule has 0 aliphatic carbocycles. The fraction of sp³-hybridized carbons (Fsp3) is 0.263. The van der Waals surface area contributed by atoms with Crippen LogP contribution in [0, 0.1) is 10.1 Å². The summed E-state index contributed by atoms with van der Waals surface area (Å²) in [5.41, 5.74) is 2.91. The summed E-state index contributed by atoms with van der Waals surface area (Å²) in [5.74, 6) is 1.02. The number of aryl methyl sites for hydroxylation is 1. The maximum Gasteiger partial charge on any atom is 0.273 e. The van der Waals surface area contributed by atoms with Crippen LogP contribution in [0.5, 0.6) is 0 Å². The van der Waals surface area contributed by atoms with Gasteiger partial charge in [0.2, 0.25) is 11.7 Å². The van der Waals surface area contributed by atoms with Gasteiger partial charge in [-0.3, -0.25) is 15.0 Å². The average molecular weight is 352 g/mol. The van der Waals surface area contributed by atoms with E-state index in [-0.39, 0.29) is 10.6 Å². The molecule has 0 radical (unpaired) electrons. The van der Waals surface area contributed by atoms with Crippen molar-refractivity contribution in [1.82, 2.24) is 15.0 Å². The van der Waals surface area contributed by atoms with E-state index < -0.39 is 0 Å². The zero-order chi connectivity index (χ0) is 18.5.